The molecule has 0 aromatic carbocycles. The molecule has 2 heterocycles. The van der Waals surface area contributed by atoms with Gasteiger partial charge in [-0.25, -0.2) is 14.7 Å². The minimum atomic E-state index is -0.593. The van der Waals surface area contributed by atoms with E-state index in [1.807, 2.05) is 13.8 Å². The fraction of sp³-hybridized carbons (Fsp3) is 0.500. The molecule has 2 N–H and O–H groups in total. The third-order valence-electron chi connectivity index (χ3n) is 3.89. The Morgan fingerprint density at radius 2 is 1.32 bits per heavy atom. The zero-order valence-corrected chi connectivity index (χ0v) is 25.0. The number of hydrogen-bond acceptors (Lipinski definition) is 9. The standard InChI is InChI=1S/C13H20N2O4S.C11H15NO3S.Al.Li.4H/c1-8-7-9(11(16)15(5)18-6)10(20-8)14-12(17)19-13(2,3)4;1-7-5-8(6-13)9(16-7)12-10(14)15-11(2,3)4;;;;;;/h7H,1-6H3,(H,14,17);5-6H,1-4H3,(H,12,14);;;;;;/q;;;+1;;;;-1. The fourth-order valence-corrected chi connectivity index (χ4v) is 4.29. The maximum absolute atomic E-state index is 12.1. The van der Waals surface area contributed by atoms with Gasteiger partial charge in [-0.3, -0.25) is 25.1 Å². The Labute approximate surface area is 256 Å². The molecule has 0 bridgehead atoms. The average Bonchev–Trinajstić information content (AvgIpc) is 3.25. The number of aryl methyl sites for hydroxylation is 2. The Morgan fingerprint density at radius 3 is 1.74 bits per heavy atom. The molecule has 0 radical (unpaired) electrons. The molecule has 208 valence electrons. The Bertz CT molecular complexity index is 1100. The van der Waals surface area contributed by atoms with Crippen LogP contribution in [-0.2, 0) is 14.3 Å². The largest absolute Gasteiger partial charge is 1.00 e. The van der Waals surface area contributed by atoms with Crippen LogP contribution in [0.25, 0.3) is 0 Å². The minimum absolute atomic E-state index is 0. The van der Waals surface area contributed by atoms with Gasteiger partial charge in [0.05, 0.1) is 12.7 Å². The second kappa shape index (κ2) is 16.3. The molecular weight excluding hydrogens is 540 g/mol. The van der Waals surface area contributed by atoms with E-state index in [9.17, 15) is 19.2 Å². The van der Waals surface area contributed by atoms with E-state index in [2.05, 4.69) is 10.6 Å². The first-order valence-corrected chi connectivity index (χ1v) is 12.6. The molecule has 0 atom stereocenters. The number of carbonyl (C=O) groups excluding carboxylic acids is 4. The van der Waals surface area contributed by atoms with E-state index in [-0.39, 0.29) is 43.6 Å². The van der Waals surface area contributed by atoms with Crippen LogP contribution in [0.4, 0.5) is 19.6 Å². The van der Waals surface area contributed by atoms with Crippen LogP contribution < -0.4 is 29.5 Å². The molecule has 2 aromatic rings. The molecule has 0 unspecified atom stereocenters. The third kappa shape index (κ3) is 13.8. The number of nitrogens with one attached hydrogen (secondary N) is 2. The summed E-state index contributed by atoms with van der Waals surface area (Å²) >= 11 is 2.66. The Kier molecular flexibility index (Phi) is 16.5. The molecule has 0 saturated heterocycles. The van der Waals surface area contributed by atoms with Crippen molar-refractivity contribution in [2.45, 2.75) is 66.6 Å². The second-order valence-electron chi connectivity index (χ2n) is 9.60. The van der Waals surface area contributed by atoms with Crippen LogP contribution >= 0.6 is 22.7 Å². The number of nitrogens with zero attached hydrogens (tertiary/aromatic N) is 1. The second-order valence-corrected chi connectivity index (χ2v) is 12.1. The number of anilines is 2. The molecule has 3 amide bonds. The van der Waals surface area contributed by atoms with Crippen molar-refractivity contribution in [1.29, 1.82) is 0 Å². The van der Waals surface area contributed by atoms with Crippen LogP contribution in [0.3, 0.4) is 0 Å². The van der Waals surface area contributed by atoms with Crippen LogP contribution in [0.5, 0.6) is 0 Å². The molecule has 0 saturated carbocycles. The van der Waals surface area contributed by atoms with Gasteiger partial charge in [0.15, 0.2) is 23.6 Å². The summed E-state index contributed by atoms with van der Waals surface area (Å²) in [6, 6.07) is 3.43. The van der Waals surface area contributed by atoms with Gasteiger partial charge in [0.2, 0.25) is 0 Å². The molecular formula is C24H39AlLiN3O7S2. The third-order valence-corrected chi connectivity index (χ3v) is 5.83. The van der Waals surface area contributed by atoms with Gasteiger partial charge in [-0.1, -0.05) is 0 Å². The molecule has 0 aliphatic carbocycles. The zero-order valence-electron chi connectivity index (χ0n) is 24.4. The van der Waals surface area contributed by atoms with Crippen molar-refractivity contribution < 1.29 is 53.8 Å². The number of rotatable bonds is 5. The van der Waals surface area contributed by atoms with E-state index in [0.29, 0.717) is 21.1 Å². The number of ether oxygens (including phenoxy) is 2. The van der Waals surface area contributed by atoms with Gasteiger partial charge < -0.3 is 10.9 Å². The zero-order chi connectivity index (χ0) is 27.8. The number of aldehydes is 1. The summed E-state index contributed by atoms with van der Waals surface area (Å²) in [4.78, 5) is 52.8. The van der Waals surface area contributed by atoms with Crippen molar-refractivity contribution in [2.24, 2.45) is 0 Å². The van der Waals surface area contributed by atoms with Crippen LogP contribution in [0.2, 0.25) is 0 Å². The Hall–Kier alpha value is -1.83. The Morgan fingerprint density at radius 1 is 0.895 bits per heavy atom. The van der Waals surface area contributed by atoms with E-state index in [1.165, 1.54) is 36.8 Å². The molecule has 10 nitrogen and oxygen atoms in total. The van der Waals surface area contributed by atoms with E-state index in [1.54, 1.807) is 53.7 Å². The van der Waals surface area contributed by atoms with Gasteiger partial charge in [-0.05, 0) is 67.5 Å². The number of hydroxylamine groups is 2. The predicted octanol–water partition coefficient (Wildman–Crippen LogP) is 2.19. The maximum Gasteiger partial charge on any atom is 1.00 e. The van der Waals surface area contributed by atoms with Gasteiger partial charge >= 0.3 is 31.0 Å². The van der Waals surface area contributed by atoms with Crippen LogP contribution in [-0.4, -0.2) is 72.2 Å². The molecule has 0 fully saturated rings. The molecule has 14 heteroatoms. The van der Waals surface area contributed by atoms with Crippen molar-refractivity contribution in [3.63, 3.8) is 0 Å². The van der Waals surface area contributed by atoms with E-state index >= 15 is 0 Å². The summed E-state index contributed by atoms with van der Waals surface area (Å²) < 4.78 is 10.3. The summed E-state index contributed by atoms with van der Waals surface area (Å²) in [5, 5.41) is 7.25. The van der Waals surface area contributed by atoms with Gasteiger partial charge in [0, 0.05) is 22.4 Å². The first-order chi connectivity index (χ1) is 16.5. The molecule has 2 rings (SSSR count). The van der Waals surface area contributed by atoms with Crippen LogP contribution in [0.1, 0.15) is 73.4 Å². The normalized spacial score (nSPS) is 10.5. The maximum atomic E-state index is 12.1. The molecule has 0 aliphatic heterocycles. The summed E-state index contributed by atoms with van der Waals surface area (Å²) in [6.07, 6.45) is -0.415. The molecule has 2 aromatic heterocycles. The quantitative estimate of drug-likeness (QED) is 0.316. The van der Waals surface area contributed by atoms with E-state index in [0.717, 1.165) is 21.1 Å². The number of thiophene rings is 2. The van der Waals surface area contributed by atoms with Crippen molar-refractivity contribution >= 4 is 74.4 Å². The van der Waals surface area contributed by atoms with Gasteiger partial charge in [-0.15, -0.1) is 22.7 Å². The fourth-order valence-electron chi connectivity index (χ4n) is 2.53. The first-order valence-electron chi connectivity index (χ1n) is 10.9. The SMILES string of the molecule is CON(C)C(=O)c1cc(C)sc1NC(=O)OC(C)(C)C.Cc1cc(C=O)c(NC(=O)OC(C)(C)C)s1.[AlH3].[H-].[Li+]. The number of carbonyl (C=O) groups is 4. The Balaban J connectivity index is -0.000000629. The van der Waals surface area contributed by atoms with Gasteiger partial charge in [-0.2, -0.15) is 0 Å². The van der Waals surface area contributed by atoms with Crippen molar-refractivity contribution in [2.75, 3.05) is 24.8 Å². The topological polar surface area (TPSA) is 123 Å². The number of amides is 3. The monoisotopic (exact) mass is 579 g/mol. The summed E-state index contributed by atoms with van der Waals surface area (Å²) in [7, 11) is 2.91. The number of hydrogen-bond donors (Lipinski definition) is 2. The van der Waals surface area contributed by atoms with E-state index in [4.69, 9.17) is 14.3 Å². The van der Waals surface area contributed by atoms with Crippen molar-refractivity contribution in [3.05, 3.63) is 33.0 Å². The smallest absolute Gasteiger partial charge is 1.00 e. The van der Waals surface area contributed by atoms with Crippen LogP contribution in [0, 0.1) is 13.8 Å². The first kappa shape index (κ1) is 38.3. The minimum Gasteiger partial charge on any atom is -1.00 e. The molecule has 38 heavy (non-hydrogen) atoms. The van der Waals surface area contributed by atoms with Gasteiger partial charge in [0.1, 0.15) is 21.2 Å². The molecule has 0 aliphatic rings. The van der Waals surface area contributed by atoms with Gasteiger partial charge in [0.25, 0.3) is 5.91 Å². The predicted molar refractivity (Wildman–Crippen MR) is 153 cm³/mol. The van der Waals surface area contributed by atoms with Crippen molar-refractivity contribution in [1.82, 2.24) is 5.06 Å². The summed E-state index contributed by atoms with van der Waals surface area (Å²) in [6.45, 7) is 14.4. The molecule has 0 spiro atoms. The summed E-state index contributed by atoms with van der Waals surface area (Å²) in [5.41, 5.74) is -0.280. The van der Waals surface area contributed by atoms with E-state index < -0.39 is 23.4 Å². The van der Waals surface area contributed by atoms with Crippen molar-refractivity contribution in [3.8, 4) is 0 Å². The average molecular weight is 580 g/mol. The van der Waals surface area contributed by atoms with Crippen LogP contribution in [0.15, 0.2) is 12.1 Å². The summed E-state index contributed by atoms with van der Waals surface area (Å²) in [5.74, 6) is -0.331.